The highest BCUT2D eigenvalue weighted by molar-refractivity contribution is 5.85. The second kappa shape index (κ2) is 6.66. The standard InChI is InChI=1S/C16H12N4O.C3H8/c1-9-8-18-12-4-2-10(6-13(12)19-9)11-3-5-15-14(7-11)20-16(17)21-15;1-3-2/h2-8H,1H3,(H2,17,20);3H2,1-2H3. The van der Waals surface area contributed by atoms with Gasteiger partial charge in [-0.25, -0.2) is 4.98 Å². The molecule has 5 nitrogen and oxygen atoms in total. The van der Waals surface area contributed by atoms with E-state index >= 15 is 0 Å². The van der Waals surface area contributed by atoms with E-state index in [2.05, 4.69) is 28.8 Å². The summed E-state index contributed by atoms with van der Waals surface area (Å²) in [4.78, 5) is 13.0. The first-order chi connectivity index (χ1) is 11.6. The third-order valence-electron chi connectivity index (χ3n) is 3.40. The molecular weight excluding hydrogens is 300 g/mol. The Morgan fingerprint density at radius 2 is 1.58 bits per heavy atom. The van der Waals surface area contributed by atoms with Gasteiger partial charge < -0.3 is 10.2 Å². The fourth-order valence-electron chi connectivity index (χ4n) is 2.41. The van der Waals surface area contributed by atoms with Crippen LogP contribution in [0.3, 0.4) is 0 Å². The summed E-state index contributed by atoms with van der Waals surface area (Å²) in [6.45, 7) is 6.18. The van der Waals surface area contributed by atoms with Crippen molar-refractivity contribution in [3.05, 3.63) is 48.3 Å². The number of hydrogen-bond acceptors (Lipinski definition) is 5. The predicted molar refractivity (Wildman–Crippen MR) is 97.7 cm³/mol. The summed E-state index contributed by atoms with van der Waals surface area (Å²) in [6.07, 6.45) is 3.02. The molecule has 0 aliphatic heterocycles. The van der Waals surface area contributed by atoms with Gasteiger partial charge in [0.05, 0.1) is 16.7 Å². The summed E-state index contributed by atoms with van der Waals surface area (Å²) in [5.74, 6) is 0. The maximum atomic E-state index is 5.57. The summed E-state index contributed by atoms with van der Waals surface area (Å²) < 4.78 is 5.29. The number of aromatic nitrogens is 3. The maximum Gasteiger partial charge on any atom is 0.292 e. The van der Waals surface area contributed by atoms with Gasteiger partial charge in [-0.15, -0.1) is 0 Å². The number of rotatable bonds is 1. The van der Waals surface area contributed by atoms with Crippen molar-refractivity contribution in [2.75, 3.05) is 5.73 Å². The van der Waals surface area contributed by atoms with Crippen molar-refractivity contribution in [1.82, 2.24) is 15.0 Å². The molecule has 2 aromatic carbocycles. The zero-order valence-electron chi connectivity index (χ0n) is 14.1. The van der Waals surface area contributed by atoms with Crippen molar-refractivity contribution in [3.8, 4) is 11.1 Å². The highest BCUT2D eigenvalue weighted by Crippen LogP contribution is 2.27. The van der Waals surface area contributed by atoms with Gasteiger partial charge in [-0.1, -0.05) is 32.4 Å². The van der Waals surface area contributed by atoms with E-state index in [0.29, 0.717) is 5.58 Å². The molecule has 2 N–H and O–H groups in total. The van der Waals surface area contributed by atoms with E-state index in [1.807, 2.05) is 43.3 Å². The van der Waals surface area contributed by atoms with Gasteiger partial charge in [0, 0.05) is 6.20 Å². The lowest BCUT2D eigenvalue weighted by Gasteiger charge is -2.04. The van der Waals surface area contributed by atoms with Crippen LogP contribution in [0.1, 0.15) is 26.0 Å². The zero-order chi connectivity index (χ0) is 17.1. The molecule has 0 fully saturated rings. The lowest BCUT2D eigenvalue weighted by atomic mass is 10.0. The minimum atomic E-state index is 0.183. The van der Waals surface area contributed by atoms with Crippen molar-refractivity contribution in [2.45, 2.75) is 27.2 Å². The normalized spacial score (nSPS) is 10.6. The number of hydrogen-bond donors (Lipinski definition) is 1. The molecule has 122 valence electrons. The molecule has 0 aliphatic rings. The van der Waals surface area contributed by atoms with E-state index in [1.54, 1.807) is 6.20 Å². The van der Waals surface area contributed by atoms with Crippen LogP contribution in [-0.4, -0.2) is 15.0 Å². The third kappa shape index (κ3) is 3.20. The first-order valence-electron chi connectivity index (χ1n) is 8.00. The predicted octanol–water partition coefficient (Wildman–Crippen LogP) is 4.74. The molecule has 0 saturated carbocycles. The van der Waals surface area contributed by atoms with Crippen LogP contribution in [-0.2, 0) is 0 Å². The topological polar surface area (TPSA) is 77.8 Å². The Labute approximate surface area is 140 Å². The number of fused-ring (bicyclic) bond motifs is 2. The fraction of sp³-hybridized carbons (Fsp3) is 0.211. The van der Waals surface area contributed by atoms with Gasteiger partial charge in [0.25, 0.3) is 6.01 Å². The smallest absolute Gasteiger partial charge is 0.292 e. The third-order valence-corrected chi connectivity index (χ3v) is 3.40. The highest BCUT2D eigenvalue weighted by atomic mass is 16.4. The number of anilines is 1. The van der Waals surface area contributed by atoms with Crippen LogP contribution in [0, 0.1) is 6.92 Å². The quantitative estimate of drug-likeness (QED) is 0.548. The average Bonchev–Trinajstić information content (AvgIpc) is 2.94. The summed E-state index contributed by atoms with van der Waals surface area (Å²) in [5.41, 5.74) is 11.8. The van der Waals surface area contributed by atoms with Crippen molar-refractivity contribution in [3.63, 3.8) is 0 Å². The Kier molecular flexibility index (Phi) is 4.42. The number of oxazole rings is 1. The van der Waals surface area contributed by atoms with Gasteiger partial charge in [0.15, 0.2) is 5.58 Å². The summed E-state index contributed by atoms with van der Waals surface area (Å²) in [7, 11) is 0. The number of nitrogen functional groups attached to an aromatic ring is 1. The SMILES string of the molecule is CCC.Cc1cnc2ccc(-c3ccc4oc(N)nc4c3)cc2n1. The Bertz CT molecular complexity index is 991. The largest absolute Gasteiger partial charge is 0.424 e. The molecule has 0 unspecified atom stereocenters. The number of benzene rings is 2. The molecule has 2 heterocycles. The van der Waals surface area contributed by atoms with Crippen LogP contribution in [0.25, 0.3) is 33.3 Å². The van der Waals surface area contributed by atoms with Crippen molar-refractivity contribution < 1.29 is 4.42 Å². The summed E-state index contributed by atoms with van der Waals surface area (Å²) in [6, 6.07) is 12.0. The number of nitrogens with zero attached hydrogens (tertiary/aromatic N) is 3. The number of nitrogens with two attached hydrogens (primary N) is 1. The van der Waals surface area contributed by atoms with Crippen LogP contribution >= 0.6 is 0 Å². The highest BCUT2D eigenvalue weighted by Gasteiger charge is 2.06. The molecule has 24 heavy (non-hydrogen) atoms. The average molecular weight is 320 g/mol. The van der Waals surface area contributed by atoms with Crippen LogP contribution in [0.4, 0.5) is 6.01 Å². The van der Waals surface area contributed by atoms with E-state index in [-0.39, 0.29) is 6.01 Å². The molecule has 0 spiro atoms. The van der Waals surface area contributed by atoms with Gasteiger partial charge in [-0.2, -0.15) is 4.98 Å². The monoisotopic (exact) mass is 320 g/mol. The van der Waals surface area contributed by atoms with E-state index in [0.717, 1.165) is 33.4 Å². The Hall–Kier alpha value is -2.95. The van der Waals surface area contributed by atoms with Crippen LogP contribution < -0.4 is 5.73 Å². The number of aryl methyl sites for hydroxylation is 1. The van der Waals surface area contributed by atoms with Gasteiger partial charge in [-0.05, 0) is 42.3 Å². The second-order valence-corrected chi connectivity index (χ2v) is 5.66. The van der Waals surface area contributed by atoms with E-state index < -0.39 is 0 Å². The lowest BCUT2D eigenvalue weighted by molar-refractivity contribution is 0.626. The van der Waals surface area contributed by atoms with Gasteiger partial charge >= 0.3 is 0 Å². The lowest BCUT2D eigenvalue weighted by Crippen LogP contribution is -1.88. The van der Waals surface area contributed by atoms with Gasteiger partial charge in [-0.3, -0.25) is 4.98 Å². The zero-order valence-corrected chi connectivity index (χ0v) is 14.1. The van der Waals surface area contributed by atoms with Crippen molar-refractivity contribution >= 4 is 28.1 Å². The Balaban J connectivity index is 0.000000526. The fourth-order valence-corrected chi connectivity index (χ4v) is 2.41. The molecule has 4 aromatic rings. The first kappa shape index (κ1) is 15.9. The molecule has 0 saturated heterocycles. The van der Waals surface area contributed by atoms with E-state index in [9.17, 15) is 0 Å². The van der Waals surface area contributed by atoms with Crippen LogP contribution in [0.15, 0.2) is 47.0 Å². The van der Waals surface area contributed by atoms with Crippen LogP contribution in [0.2, 0.25) is 0 Å². The molecule has 0 amide bonds. The first-order valence-corrected chi connectivity index (χ1v) is 8.00. The van der Waals surface area contributed by atoms with E-state index in [4.69, 9.17) is 10.2 Å². The maximum absolute atomic E-state index is 5.57. The van der Waals surface area contributed by atoms with Crippen molar-refractivity contribution in [2.24, 2.45) is 0 Å². The van der Waals surface area contributed by atoms with Gasteiger partial charge in [0.2, 0.25) is 0 Å². The molecule has 0 bridgehead atoms. The van der Waals surface area contributed by atoms with Crippen molar-refractivity contribution in [1.29, 1.82) is 0 Å². The molecular formula is C19H20N4O. The molecule has 5 heteroatoms. The second-order valence-electron chi connectivity index (χ2n) is 5.66. The molecule has 2 aromatic heterocycles. The molecule has 0 radical (unpaired) electrons. The minimum absolute atomic E-state index is 0.183. The summed E-state index contributed by atoms with van der Waals surface area (Å²) >= 11 is 0. The molecule has 4 rings (SSSR count). The minimum Gasteiger partial charge on any atom is -0.424 e. The molecule has 0 atom stereocenters. The molecule has 0 aliphatic carbocycles. The summed E-state index contributed by atoms with van der Waals surface area (Å²) in [5, 5.41) is 0. The van der Waals surface area contributed by atoms with Gasteiger partial charge in [0.1, 0.15) is 5.52 Å². The van der Waals surface area contributed by atoms with Crippen LogP contribution in [0.5, 0.6) is 0 Å². The Morgan fingerprint density at radius 3 is 2.33 bits per heavy atom. The Morgan fingerprint density at radius 1 is 0.917 bits per heavy atom. The van der Waals surface area contributed by atoms with E-state index in [1.165, 1.54) is 6.42 Å².